The standard InChI is InChI=1S/C20H30N2O4/c1-24-17-9-8-16(18(25-2)19(17)26-3)14-21-10-12-22(13-11-21)20(23)15-6-4-5-7-15/h8-9,15H,4-7,10-14H2,1-3H3. The Morgan fingerprint density at radius 2 is 1.62 bits per heavy atom. The van der Waals surface area contributed by atoms with E-state index in [-0.39, 0.29) is 5.92 Å². The molecule has 1 heterocycles. The molecule has 1 amide bonds. The van der Waals surface area contributed by atoms with Crippen molar-refractivity contribution in [3.63, 3.8) is 0 Å². The molecule has 2 fully saturated rings. The van der Waals surface area contributed by atoms with Crippen LogP contribution >= 0.6 is 0 Å². The quantitative estimate of drug-likeness (QED) is 0.778. The normalized spacial score (nSPS) is 18.8. The summed E-state index contributed by atoms with van der Waals surface area (Å²) >= 11 is 0. The summed E-state index contributed by atoms with van der Waals surface area (Å²) in [6.45, 7) is 4.16. The summed E-state index contributed by atoms with van der Waals surface area (Å²) in [6, 6.07) is 3.94. The van der Waals surface area contributed by atoms with Crippen molar-refractivity contribution in [3.05, 3.63) is 17.7 Å². The van der Waals surface area contributed by atoms with Crippen LogP contribution in [0.3, 0.4) is 0 Å². The number of nitrogens with zero attached hydrogens (tertiary/aromatic N) is 2. The maximum absolute atomic E-state index is 12.6. The van der Waals surface area contributed by atoms with Crippen LogP contribution < -0.4 is 14.2 Å². The highest BCUT2D eigenvalue weighted by atomic mass is 16.5. The summed E-state index contributed by atoms with van der Waals surface area (Å²) in [5.41, 5.74) is 1.07. The molecule has 0 atom stereocenters. The van der Waals surface area contributed by atoms with E-state index < -0.39 is 0 Å². The lowest BCUT2D eigenvalue weighted by Gasteiger charge is -2.36. The van der Waals surface area contributed by atoms with E-state index in [0.29, 0.717) is 17.4 Å². The van der Waals surface area contributed by atoms with Crippen LogP contribution in [-0.4, -0.2) is 63.2 Å². The third-order valence-electron chi connectivity index (χ3n) is 5.57. The van der Waals surface area contributed by atoms with Gasteiger partial charge in [-0.05, 0) is 18.9 Å². The van der Waals surface area contributed by atoms with Crippen molar-refractivity contribution in [1.29, 1.82) is 0 Å². The molecule has 1 saturated heterocycles. The first kappa shape index (κ1) is 18.8. The van der Waals surface area contributed by atoms with Gasteiger partial charge >= 0.3 is 0 Å². The van der Waals surface area contributed by atoms with Crippen molar-refractivity contribution in [2.24, 2.45) is 5.92 Å². The number of carbonyl (C=O) groups is 1. The Morgan fingerprint density at radius 1 is 0.962 bits per heavy atom. The molecule has 1 saturated carbocycles. The molecule has 1 aromatic carbocycles. The number of amides is 1. The van der Waals surface area contributed by atoms with Crippen molar-refractivity contribution in [1.82, 2.24) is 9.80 Å². The fourth-order valence-electron chi connectivity index (χ4n) is 4.09. The minimum Gasteiger partial charge on any atom is -0.493 e. The molecule has 0 spiro atoms. The first-order valence-electron chi connectivity index (χ1n) is 9.47. The minimum atomic E-state index is 0.271. The highest BCUT2D eigenvalue weighted by Gasteiger charge is 2.29. The number of hydrogen-bond acceptors (Lipinski definition) is 5. The van der Waals surface area contributed by atoms with Crippen molar-refractivity contribution in [2.45, 2.75) is 32.2 Å². The van der Waals surface area contributed by atoms with E-state index in [0.717, 1.165) is 56.9 Å². The molecule has 1 aromatic rings. The highest BCUT2D eigenvalue weighted by molar-refractivity contribution is 5.79. The van der Waals surface area contributed by atoms with E-state index in [1.165, 1.54) is 12.8 Å². The predicted molar refractivity (Wildman–Crippen MR) is 99.9 cm³/mol. The first-order valence-corrected chi connectivity index (χ1v) is 9.47. The average molecular weight is 362 g/mol. The molecule has 1 aliphatic heterocycles. The van der Waals surface area contributed by atoms with Gasteiger partial charge in [0.1, 0.15) is 0 Å². The van der Waals surface area contributed by atoms with Gasteiger partial charge in [-0.25, -0.2) is 0 Å². The van der Waals surface area contributed by atoms with E-state index in [9.17, 15) is 4.79 Å². The number of methoxy groups -OCH3 is 3. The predicted octanol–water partition coefficient (Wildman–Crippen LogP) is 2.55. The molecule has 0 radical (unpaired) electrons. The van der Waals surface area contributed by atoms with E-state index >= 15 is 0 Å². The van der Waals surface area contributed by atoms with Crippen LogP contribution in [-0.2, 0) is 11.3 Å². The summed E-state index contributed by atoms with van der Waals surface area (Å²) in [5.74, 6) is 2.65. The second-order valence-corrected chi connectivity index (χ2v) is 7.08. The highest BCUT2D eigenvalue weighted by Crippen LogP contribution is 2.40. The summed E-state index contributed by atoms with van der Waals surface area (Å²) in [7, 11) is 4.90. The van der Waals surface area contributed by atoms with Crippen molar-refractivity contribution in [3.8, 4) is 17.2 Å². The fraction of sp³-hybridized carbons (Fsp3) is 0.650. The lowest BCUT2D eigenvalue weighted by atomic mass is 10.1. The van der Waals surface area contributed by atoms with Crippen LogP contribution in [0.4, 0.5) is 0 Å². The van der Waals surface area contributed by atoms with Gasteiger partial charge in [-0.1, -0.05) is 18.9 Å². The molecule has 144 valence electrons. The number of carbonyl (C=O) groups excluding carboxylic acids is 1. The molecule has 0 N–H and O–H groups in total. The lowest BCUT2D eigenvalue weighted by Crippen LogP contribution is -2.49. The topological polar surface area (TPSA) is 51.2 Å². The number of benzene rings is 1. The Balaban J connectivity index is 1.61. The fourth-order valence-corrected chi connectivity index (χ4v) is 4.09. The van der Waals surface area contributed by atoms with E-state index in [2.05, 4.69) is 9.80 Å². The maximum atomic E-state index is 12.6. The number of hydrogen-bond donors (Lipinski definition) is 0. The Hall–Kier alpha value is -1.95. The van der Waals surface area contributed by atoms with Gasteiger partial charge in [-0.3, -0.25) is 9.69 Å². The van der Waals surface area contributed by atoms with E-state index in [4.69, 9.17) is 14.2 Å². The minimum absolute atomic E-state index is 0.271. The van der Waals surface area contributed by atoms with Crippen LogP contribution in [0.15, 0.2) is 12.1 Å². The second-order valence-electron chi connectivity index (χ2n) is 7.08. The smallest absolute Gasteiger partial charge is 0.225 e. The Labute approximate surface area is 156 Å². The Morgan fingerprint density at radius 3 is 2.19 bits per heavy atom. The lowest BCUT2D eigenvalue weighted by molar-refractivity contribution is -0.137. The zero-order valence-electron chi connectivity index (χ0n) is 16.1. The summed E-state index contributed by atoms with van der Waals surface area (Å²) < 4.78 is 16.4. The largest absolute Gasteiger partial charge is 0.493 e. The van der Waals surface area contributed by atoms with Gasteiger partial charge in [0.2, 0.25) is 11.7 Å². The monoisotopic (exact) mass is 362 g/mol. The first-order chi connectivity index (χ1) is 12.7. The van der Waals surface area contributed by atoms with Gasteiger partial charge in [0.25, 0.3) is 0 Å². The zero-order valence-corrected chi connectivity index (χ0v) is 16.1. The molecule has 0 unspecified atom stereocenters. The van der Waals surface area contributed by atoms with E-state index in [1.807, 2.05) is 12.1 Å². The van der Waals surface area contributed by atoms with Gasteiger partial charge in [0.05, 0.1) is 21.3 Å². The zero-order chi connectivity index (χ0) is 18.5. The Bertz CT molecular complexity index is 620. The van der Waals surface area contributed by atoms with Crippen LogP contribution in [0, 0.1) is 5.92 Å². The molecular weight excluding hydrogens is 332 g/mol. The summed E-state index contributed by atoms with van der Waals surface area (Å²) in [4.78, 5) is 17.0. The van der Waals surface area contributed by atoms with Crippen molar-refractivity contribution < 1.29 is 19.0 Å². The summed E-state index contributed by atoms with van der Waals surface area (Å²) in [5, 5.41) is 0. The molecule has 6 heteroatoms. The SMILES string of the molecule is COc1ccc(CN2CCN(C(=O)C3CCCC3)CC2)c(OC)c1OC. The van der Waals surface area contributed by atoms with Gasteiger partial charge < -0.3 is 19.1 Å². The van der Waals surface area contributed by atoms with Gasteiger partial charge in [0.15, 0.2) is 11.5 Å². The molecule has 1 aliphatic carbocycles. The van der Waals surface area contributed by atoms with Crippen LogP contribution in [0.5, 0.6) is 17.2 Å². The van der Waals surface area contributed by atoms with Gasteiger partial charge in [0, 0.05) is 44.2 Å². The number of ether oxygens (including phenoxy) is 3. The van der Waals surface area contributed by atoms with E-state index in [1.54, 1.807) is 21.3 Å². The molecule has 0 aromatic heterocycles. The summed E-state index contributed by atoms with van der Waals surface area (Å²) in [6.07, 6.45) is 4.55. The van der Waals surface area contributed by atoms with Crippen LogP contribution in [0.25, 0.3) is 0 Å². The number of rotatable bonds is 6. The van der Waals surface area contributed by atoms with Crippen LogP contribution in [0.1, 0.15) is 31.2 Å². The molecule has 3 rings (SSSR count). The van der Waals surface area contributed by atoms with Gasteiger partial charge in [-0.15, -0.1) is 0 Å². The molecular formula is C20H30N2O4. The second kappa shape index (κ2) is 8.62. The third kappa shape index (κ3) is 3.90. The molecule has 26 heavy (non-hydrogen) atoms. The van der Waals surface area contributed by atoms with Gasteiger partial charge in [-0.2, -0.15) is 0 Å². The number of piperazine rings is 1. The van der Waals surface area contributed by atoms with Crippen molar-refractivity contribution >= 4 is 5.91 Å². The average Bonchev–Trinajstić information content (AvgIpc) is 3.22. The molecule has 2 aliphatic rings. The van der Waals surface area contributed by atoms with Crippen molar-refractivity contribution in [2.75, 3.05) is 47.5 Å². The maximum Gasteiger partial charge on any atom is 0.225 e. The Kier molecular flexibility index (Phi) is 6.25. The molecule has 0 bridgehead atoms. The van der Waals surface area contributed by atoms with Crippen LogP contribution in [0.2, 0.25) is 0 Å². The molecule has 6 nitrogen and oxygen atoms in total. The third-order valence-corrected chi connectivity index (χ3v) is 5.57.